The van der Waals surface area contributed by atoms with Crippen molar-refractivity contribution in [1.29, 1.82) is 0 Å². The highest BCUT2D eigenvalue weighted by atomic mass is 32.2. The Hall–Kier alpha value is -6.41. The van der Waals surface area contributed by atoms with E-state index < -0.39 is 101 Å². The van der Waals surface area contributed by atoms with Crippen LogP contribution < -0.4 is 27.4 Å². The van der Waals surface area contributed by atoms with Crippen LogP contribution in [0, 0.1) is 17.0 Å². The number of thioether (sulfide) groups is 2. The first-order chi connectivity index (χ1) is 38.7. The van der Waals surface area contributed by atoms with Gasteiger partial charge in [-0.15, -0.1) is 23.5 Å². The van der Waals surface area contributed by atoms with Crippen molar-refractivity contribution in [3.8, 4) is 11.1 Å². The summed E-state index contributed by atoms with van der Waals surface area (Å²) in [5, 5.41) is 41.3. The fraction of sp³-hybridized carbons (Fsp3) is 0.538. The number of hydrogen-bond acceptors (Lipinski definition) is 16. The molecule has 11 N–H and O–H groups in total. The van der Waals surface area contributed by atoms with Crippen molar-refractivity contribution in [3.63, 3.8) is 0 Å². The summed E-state index contributed by atoms with van der Waals surface area (Å²) < 4.78 is 85.0. The van der Waals surface area contributed by atoms with Crippen LogP contribution in [-0.4, -0.2) is 197 Å². The molecule has 23 nitrogen and oxygen atoms in total. The predicted molar refractivity (Wildman–Crippen MR) is 292 cm³/mol. The number of nitrogens with one attached hydrogen (secondary N) is 3. The quantitative estimate of drug-likeness (QED) is 0.0293. The third kappa shape index (κ3) is 28.5. The Morgan fingerprint density at radius 3 is 1.89 bits per heavy atom. The van der Waals surface area contributed by atoms with Gasteiger partial charge in [0.25, 0.3) is 0 Å². The number of nitrogens with two attached hydrogens (primary N) is 2. The third-order valence-corrected chi connectivity index (χ3v) is 13.5. The normalized spacial score (nSPS) is 12.9. The minimum atomic E-state index is -5.08. The standard InChI is InChI=1S/C50H71F2N7O14S2.C2HF3O2/c1-50(2,3)46(40-24-34(36-25-35(51)10-11-37(36)52)29-58(40)28-33-8-5-4-6-9-33)59(15-7-13-53)45(63)32-74-31-39(48(66)67)57-42(60)12-16-70-18-20-72-22-23-73-21-19-71-17-14-55-44(62)27-56-43(61)26-41(49(68)69)75-30-38(54)47(64)65;3-2(4,5)1(6)7/h4-6,8-11,24-25,29,38-39,41,46H,7,12-23,26-28,30-32,53-54H2,1-3H3,(H,55,62)(H,56,61)(H,57,60)(H,64,65)(H,66,67)(H,68,69);(H,6,7). The summed E-state index contributed by atoms with van der Waals surface area (Å²) in [5.74, 6) is -10.3. The Balaban J connectivity index is 0.00000307. The maximum atomic E-state index is 15.2. The molecule has 2 aromatic carbocycles. The molecule has 30 heteroatoms. The first kappa shape index (κ1) is 71.7. The van der Waals surface area contributed by atoms with E-state index >= 15 is 4.39 Å². The minimum absolute atomic E-state index is 0.0000741. The van der Waals surface area contributed by atoms with Crippen LogP contribution >= 0.6 is 23.5 Å². The van der Waals surface area contributed by atoms with Gasteiger partial charge in [0, 0.05) is 67.0 Å². The lowest BCUT2D eigenvalue weighted by molar-refractivity contribution is -0.192. The maximum Gasteiger partial charge on any atom is 0.490 e. The number of nitrogens with zero attached hydrogens (tertiary/aromatic N) is 2. The number of benzene rings is 2. The average Bonchev–Trinajstić information content (AvgIpc) is 3.81. The number of halogens is 5. The zero-order valence-electron chi connectivity index (χ0n) is 45.5. The Morgan fingerprint density at radius 2 is 1.34 bits per heavy atom. The molecule has 0 aliphatic heterocycles. The lowest BCUT2D eigenvalue weighted by Crippen LogP contribution is -2.45. The molecule has 3 aromatic rings. The summed E-state index contributed by atoms with van der Waals surface area (Å²) in [4.78, 5) is 96.0. The molecular formula is C52H72F5N7O16S2. The van der Waals surface area contributed by atoms with E-state index in [0.717, 1.165) is 47.3 Å². The molecule has 0 saturated carbocycles. The zero-order chi connectivity index (χ0) is 61.4. The first-order valence-corrected chi connectivity index (χ1v) is 27.6. The summed E-state index contributed by atoms with van der Waals surface area (Å²) in [7, 11) is 0. The van der Waals surface area contributed by atoms with Gasteiger partial charge < -0.3 is 76.3 Å². The van der Waals surface area contributed by atoms with Crippen molar-refractivity contribution < 1.29 is 99.7 Å². The highest BCUT2D eigenvalue weighted by Gasteiger charge is 2.39. The van der Waals surface area contributed by atoms with Crippen LogP contribution in [0.3, 0.4) is 0 Å². The van der Waals surface area contributed by atoms with Crippen molar-refractivity contribution in [1.82, 2.24) is 25.4 Å². The van der Waals surface area contributed by atoms with Crippen LogP contribution in [0.4, 0.5) is 22.0 Å². The van der Waals surface area contributed by atoms with E-state index in [1.54, 1.807) is 17.2 Å². The zero-order valence-corrected chi connectivity index (χ0v) is 47.1. The summed E-state index contributed by atoms with van der Waals surface area (Å²) in [6, 6.07) is 11.5. The van der Waals surface area contributed by atoms with Crippen LogP contribution in [0.2, 0.25) is 0 Å². The SMILES string of the molecule is CC(C)(C)C(c1cc(-c2cc(F)ccc2F)cn1Cc1ccccc1)N(CCCN)C(=O)CSCC(NC(=O)CCOCCOCCOCCOCCNC(=O)CNC(=O)CC(SCC(N)C(=O)O)C(=O)O)C(=O)O.O=C(O)C(F)(F)F. The molecule has 0 aliphatic carbocycles. The number of rotatable bonds is 38. The fourth-order valence-electron chi connectivity index (χ4n) is 7.24. The number of ether oxygens (including phenoxy) is 4. The predicted octanol–water partition coefficient (Wildman–Crippen LogP) is 3.36. The van der Waals surface area contributed by atoms with E-state index in [1.807, 2.05) is 55.7 Å². The number of carboxylic acid groups (broad SMARTS) is 4. The molecule has 4 atom stereocenters. The summed E-state index contributed by atoms with van der Waals surface area (Å²) in [6.07, 6.45) is -3.46. The van der Waals surface area contributed by atoms with Gasteiger partial charge in [-0.2, -0.15) is 13.2 Å². The monoisotopic (exact) mass is 1210 g/mol. The Bertz CT molecular complexity index is 2510. The van der Waals surface area contributed by atoms with Crippen LogP contribution in [0.25, 0.3) is 11.1 Å². The Kier molecular flexibility index (Phi) is 32.9. The minimum Gasteiger partial charge on any atom is -0.480 e. The average molecular weight is 1210 g/mol. The highest BCUT2D eigenvalue weighted by Crippen LogP contribution is 2.41. The van der Waals surface area contributed by atoms with Gasteiger partial charge in [-0.05, 0) is 48.2 Å². The van der Waals surface area contributed by atoms with Crippen LogP contribution in [0.5, 0.6) is 0 Å². The number of carbonyl (C=O) groups is 8. The molecule has 0 radical (unpaired) electrons. The molecule has 0 fully saturated rings. The number of alkyl halides is 3. The smallest absolute Gasteiger partial charge is 0.480 e. The second-order valence-corrected chi connectivity index (χ2v) is 21.1. The van der Waals surface area contributed by atoms with Crippen LogP contribution in [0.1, 0.15) is 57.3 Å². The van der Waals surface area contributed by atoms with Crippen molar-refractivity contribution >= 4 is 71.0 Å². The lowest BCUT2D eigenvalue weighted by atomic mass is 9.83. The molecule has 1 aromatic heterocycles. The van der Waals surface area contributed by atoms with Crippen molar-refractivity contribution in [2.24, 2.45) is 16.9 Å². The largest absolute Gasteiger partial charge is 0.490 e. The van der Waals surface area contributed by atoms with E-state index in [2.05, 4.69) is 16.0 Å². The summed E-state index contributed by atoms with van der Waals surface area (Å²) >= 11 is 1.78. The lowest BCUT2D eigenvalue weighted by Gasteiger charge is -2.41. The molecular weight excluding hydrogens is 1140 g/mol. The first-order valence-electron chi connectivity index (χ1n) is 25.4. The Morgan fingerprint density at radius 1 is 0.744 bits per heavy atom. The van der Waals surface area contributed by atoms with Gasteiger partial charge in [-0.3, -0.25) is 28.8 Å². The van der Waals surface area contributed by atoms with Gasteiger partial charge >= 0.3 is 30.1 Å². The summed E-state index contributed by atoms with van der Waals surface area (Å²) in [5.41, 5.74) is 12.9. The number of aliphatic carboxylic acids is 4. The molecule has 0 aliphatic rings. The highest BCUT2D eigenvalue weighted by molar-refractivity contribution is 8.00. The molecule has 82 heavy (non-hydrogen) atoms. The van der Waals surface area contributed by atoms with Gasteiger partial charge in [0.2, 0.25) is 23.6 Å². The number of amides is 4. The van der Waals surface area contributed by atoms with Gasteiger partial charge in [0.05, 0.1) is 71.2 Å². The van der Waals surface area contributed by atoms with E-state index in [9.17, 15) is 61.3 Å². The molecule has 4 unspecified atom stereocenters. The van der Waals surface area contributed by atoms with Gasteiger partial charge in [-0.25, -0.2) is 18.4 Å². The number of hydrogen-bond donors (Lipinski definition) is 9. The van der Waals surface area contributed by atoms with Crippen molar-refractivity contribution in [2.75, 3.05) is 96.3 Å². The Labute approximate surface area is 478 Å². The second kappa shape index (κ2) is 37.6. The van der Waals surface area contributed by atoms with Crippen molar-refractivity contribution in [2.45, 2.75) is 76.1 Å². The van der Waals surface area contributed by atoms with E-state index in [0.29, 0.717) is 30.8 Å². The number of aromatic nitrogens is 1. The fourth-order valence-corrected chi connectivity index (χ4v) is 9.15. The molecule has 1 heterocycles. The molecule has 3 rings (SSSR count). The van der Waals surface area contributed by atoms with E-state index in [4.69, 9.17) is 45.4 Å². The van der Waals surface area contributed by atoms with Gasteiger partial charge in [0.15, 0.2) is 0 Å². The molecule has 0 saturated heterocycles. The van der Waals surface area contributed by atoms with Crippen LogP contribution in [-0.2, 0) is 63.8 Å². The maximum absolute atomic E-state index is 15.2. The third-order valence-electron chi connectivity index (χ3n) is 11.1. The van der Waals surface area contributed by atoms with Crippen LogP contribution in [0.15, 0.2) is 60.8 Å². The van der Waals surface area contributed by atoms with E-state index in [1.165, 1.54) is 0 Å². The summed E-state index contributed by atoms with van der Waals surface area (Å²) in [6.45, 7) is 8.12. The number of carboxylic acids is 4. The number of carbonyl (C=O) groups excluding carboxylic acids is 4. The van der Waals surface area contributed by atoms with E-state index in [-0.39, 0.29) is 101 Å². The van der Waals surface area contributed by atoms with Gasteiger partial charge in [-0.1, -0.05) is 51.1 Å². The molecule has 458 valence electrons. The molecule has 0 bridgehead atoms. The second-order valence-electron chi connectivity index (χ2n) is 18.8. The molecule has 0 spiro atoms. The molecule has 4 amide bonds. The van der Waals surface area contributed by atoms with Crippen molar-refractivity contribution in [3.05, 3.63) is 83.7 Å². The topological polar surface area (TPSA) is 351 Å². The van der Waals surface area contributed by atoms with Gasteiger partial charge in [0.1, 0.15) is 29.0 Å².